The van der Waals surface area contributed by atoms with Gasteiger partial charge in [-0.1, -0.05) is 6.07 Å². The first kappa shape index (κ1) is 12.9. The molecular formula is C13H16N2O2S. The molecule has 2 rings (SSSR count). The summed E-state index contributed by atoms with van der Waals surface area (Å²) in [5, 5.41) is 14.3. The van der Waals surface area contributed by atoms with Crippen LogP contribution in [0.25, 0.3) is 0 Å². The van der Waals surface area contributed by atoms with Crippen LogP contribution < -0.4 is 5.32 Å². The number of aromatic nitrogens is 1. The molecule has 0 fully saturated rings. The number of carboxylic acid groups (broad SMARTS) is 1. The molecular weight excluding hydrogens is 248 g/mol. The lowest BCUT2D eigenvalue weighted by Crippen LogP contribution is -2.16. The van der Waals surface area contributed by atoms with Crippen LogP contribution in [0.15, 0.2) is 23.6 Å². The first-order valence-electron chi connectivity index (χ1n) is 5.81. The number of aromatic carboxylic acids is 1. The maximum absolute atomic E-state index is 10.9. The zero-order valence-electron chi connectivity index (χ0n) is 10.2. The Hall–Kier alpha value is -1.59. The molecule has 0 saturated heterocycles. The number of rotatable bonds is 6. The number of aryl methyl sites for hydroxylation is 1. The number of hydrogen-bond donors (Lipinski definition) is 3. The monoisotopic (exact) mass is 264 g/mol. The van der Waals surface area contributed by atoms with Crippen molar-refractivity contribution < 1.29 is 9.90 Å². The number of carbonyl (C=O) groups is 1. The van der Waals surface area contributed by atoms with Crippen molar-refractivity contribution in [3.8, 4) is 0 Å². The molecule has 0 bridgehead atoms. The summed E-state index contributed by atoms with van der Waals surface area (Å²) in [5.41, 5.74) is 1.97. The average Bonchev–Trinajstić information content (AvgIpc) is 2.94. The fraction of sp³-hybridized carbons (Fsp3) is 0.308. The third kappa shape index (κ3) is 3.21. The second-order valence-electron chi connectivity index (χ2n) is 4.14. The van der Waals surface area contributed by atoms with E-state index in [4.69, 9.17) is 5.11 Å². The molecule has 0 aliphatic heterocycles. The Kier molecular flexibility index (Phi) is 4.17. The maximum atomic E-state index is 10.9. The molecule has 0 amide bonds. The number of hydrogen-bond acceptors (Lipinski definition) is 3. The van der Waals surface area contributed by atoms with Gasteiger partial charge in [0.15, 0.2) is 0 Å². The summed E-state index contributed by atoms with van der Waals surface area (Å²) in [6.45, 7) is 3.33. The van der Waals surface area contributed by atoms with Crippen LogP contribution in [0.5, 0.6) is 0 Å². The molecule has 0 atom stereocenters. The summed E-state index contributed by atoms with van der Waals surface area (Å²) in [6.07, 6.45) is 1.00. The van der Waals surface area contributed by atoms with E-state index in [9.17, 15) is 4.79 Å². The molecule has 0 unspecified atom stereocenters. The molecule has 0 aromatic carbocycles. The van der Waals surface area contributed by atoms with Crippen LogP contribution in [0.2, 0.25) is 0 Å². The van der Waals surface area contributed by atoms with Crippen LogP contribution in [-0.2, 0) is 13.0 Å². The molecule has 2 aromatic rings. The van der Waals surface area contributed by atoms with E-state index in [2.05, 4.69) is 21.7 Å². The van der Waals surface area contributed by atoms with Gasteiger partial charge in [-0.2, -0.15) is 0 Å². The molecule has 0 aliphatic rings. The quantitative estimate of drug-likeness (QED) is 0.702. The van der Waals surface area contributed by atoms with E-state index in [0.29, 0.717) is 17.8 Å². The van der Waals surface area contributed by atoms with Crippen molar-refractivity contribution in [1.29, 1.82) is 0 Å². The van der Waals surface area contributed by atoms with Gasteiger partial charge in [-0.25, -0.2) is 4.79 Å². The van der Waals surface area contributed by atoms with E-state index in [0.717, 1.165) is 18.7 Å². The van der Waals surface area contributed by atoms with Crippen molar-refractivity contribution >= 4 is 17.3 Å². The van der Waals surface area contributed by atoms with Crippen molar-refractivity contribution in [2.75, 3.05) is 6.54 Å². The minimum atomic E-state index is -0.881. The standard InChI is InChI=1S/C13H16N2O2S/c1-9-12(13(16)17)7-10(15-9)8-14-5-4-11-3-2-6-18-11/h2-3,6-7,14-15H,4-5,8H2,1H3,(H,16,17). The molecule has 96 valence electrons. The number of carboxylic acids is 1. The summed E-state index contributed by atoms with van der Waals surface area (Å²) in [4.78, 5) is 15.3. The van der Waals surface area contributed by atoms with Gasteiger partial charge in [0.25, 0.3) is 0 Å². The van der Waals surface area contributed by atoms with E-state index in [1.165, 1.54) is 4.88 Å². The van der Waals surface area contributed by atoms with Gasteiger partial charge in [0, 0.05) is 29.4 Å². The Morgan fingerprint density at radius 1 is 1.56 bits per heavy atom. The lowest BCUT2D eigenvalue weighted by Gasteiger charge is -2.01. The summed E-state index contributed by atoms with van der Waals surface area (Å²) in [6, 6.07) is 5.86. The first-order valence-corrected chi connectivity index (χ1v) is 6.69. The number of H-pyrrole nitrogens is 1. The lowest BCUT2D eigenvalue weighted by atomic mass is 10.2. The molecule has 4 nitrogen and oxygen atoms in total. The highest BCUT2D eigenvalue weighted by molar-refractivity contribution is 7.09. The fourth-order valence-corrected chi connectivity index (χ4v) is 2.54. The van der Waals surface area contributed by atoms with Crippen molar-refractivity contribution in [3.05, 3.63) is 45.4 Å². The Labute approximate surface area is 110 Å². The van der Waals surface area contributed by atoms with Crippen LogP contribution in [0.4, 0.5) is 0 Å². The Morgan fingerprint density at radius 2 is 2.39 bits per heavy atom. The highest BCUT2D eigenvalue weighted by atomic mass is 32.1. The van der Waals surface area contributed by atoms with E-state index in [1.54, 1.807) is 24.3 Å². The van der Waals surface area contributed by atoms with E-state index in [1.807, 2.05) is 6.07 Å². The SMILES string of the molecule is Cc1[nH]c(CNCCc2cccs2)cc1C(=O)O. The largest absolute Gasteiger partial charge is 0.478 e. The lowest BCUT2D eigenvalue weighted by molar-refractivity contribution is 0.0696. The highest BCUT2D eigenvalue weighted by Crippen LogP contribution is 2.10. The molecule has 2 heterocycles. The zero-order chi connectivity index (χ0) is 13.0. The summed E-state index contributed by atoms with van der Waals surface area (Å²) in [5.74, 6) is -0.881. The molecule has 18 heavy (non-hydrogen) atoms. The van der Waals surface area contributed by atoms with Crippen LogP contribution in [0.1, 0.15) is 26.6 Å². The summed E-state index contributed by atoms with van der Waals surface area (Å²) < 4.78 is 0. The van der Waals surface area contributed by atoms with Gasteiger partial charge in [0.1, 0.15) is 0 Å². The normalized spacial score (nSPS) is 10.7. The predicted octanol–water partition coefficient (Wildman–Crippen LogP) is 2.42. The van der Waals surface area contributed by atoms with Crippen molar-refractivity contribution in [3.63, 3.8) is 0 Å². The minimum absolute atomic E-state index is 0.352. The van der Waals surface area contributed by atoms with Gasteiger partial charge in [0.2, 0.25) is 0 Å². The predicted molar refractivity (Wildman–Crippen MR) is 72.2 cm³/mol. The molecule has 3 N–H and O–H groups in total. The second-order valence-corrected chi connectivity index (χ2v) is 5.18. The third-order valence-corrected chi connectivity index (χ3v) is 3.68. The van der Waals surface area contributed by atoms with E-state index in [-0.39, 0.29) is 0 Å². The number of aromatic amines is 1. The highest BCUT2D eigenvalue weighted by Gasteiger charge is 2.10. The van der Waals surface area contributed by atoms with Gasteiger partial charge in [0.05, 0.1) is 5.56 Å². The molecule has 2 aromatic heterocycles. The van der Waals surface area contributed by atoms with Crippen LogP contribution in [0.3, 0.4) is 0 Å². The van der Waals surface area contributed by atoms with Gasteiger partial charge in [-0.3, -0.25) is 0 Å². The zero-order valence-corrected chi connectivity index (χ0v) is 11.0. The Bertz CT molecular complexity index is 517. The Balaban J connectivity index is 1.80. The summed E-state index contributed by atoms with van der Waals surface area (Å²) >= 11 is 1.75. The van der Waals surface area contributed by atoms with E-state index >= 15 is 0 Å². The molecule has 0 spiro atoms. The molecule has 0 aliphatic carbocycles. The minimum Gasteiger partial charge on any atom is -0.478 e. The summed E-state index contributed by atoms with van der Waals surface area (Å²) in [7, 11) is 0. The maximum Gasteiger partial charge on any atom is 0.337 e. The van der Waals surface area contributed by atoms with Gasteiger partial charge in [-0.15, -0.1) is 11.3 Å². The van der Waals surface area contributed by atoms with Crippen molar-refractivity contribution in [1.82, 2.24) is 10.3 Å². The van der Waals surface area contributed by atoms with Gasteiger partial charge >= 0.3 is 5.97 Å². The molecule has 0 radical (unpaired) electrons. The van der Waals surface area contributed by atoms with Crippen LogP contribution >= 0.6 is 11.3 Å². The molecule has 0 saturated carbocycles. The average molecular weight is 264 g/mol. The number of thiophene rings is 1. The fourth-order valence-electron chi connectivity index (χ4n) is 1.83. The van der Waals surface area contributed by atoms with Gasteiger partial charge < -0.3 is 15.4 Å². The van der Waals surface area contributed by atoms with Crippen LogP contribution in [-0.4, -0.2) is 22.6 Å². The van der Waals surface area contributed by atoms with Crippen LogP contribution in [0, 0.1) is 6.92 Å². The smallest absolute Gasteiger partial charge is 0.337 e. The first-order chi connectivity index (χ1) is 8.66. The number of nitrogens with one attached hydrogen (secondary N) is 2. The van der Waals surface area contributed by atoms with E-state index < -0.39 is 5.97 Å². The molecule has 5 heteroatoms. The second kappa shape index (κ2) is 5.84. The van der Waals surface area contributed by atoms with Crippen molar-refractivity contribution in [2.24, 2.45) is 0 Å². The van der Waals surface area contributed by atoms with Gasteiger partial charge in [-0.05, 0) is 30.9 Å². The Morgan fingerprint density at radius 3 is 3.00 bits per heavy atom. The topological polar surface area (TPSA) is 65.1 Å². The third-order valence-electron chi connectivity index (χ3n) is 2.74. The van der Waals surface area contributed by atoms with Crippen molar-refractivity contribution in [2.45, 2.75) is 19.9 Å².